The van der Waals surface area contributed by atoms with Crippen LogP contribution in [0.3, 0.4) is 0 Å². The summed E-state index contributed by atoms with van der Waals surface area (Å²) in [7, 11) is -3.26. The Morgan fingerprint density at radius 3 is 2.78 bits per heavy atom. The summed E-state index contributed by atoms with van der Waals surface area (Å²) >= 11 is 0. The van der Waals surface area contributed by atoms with Crippen LogP contribution in [0, 0.1) is 5.92 Å². The molecule has 0 aromatic carbocycles. The number of piperidine rings is 1. The number of nitrogens with one attached hydrogen (secondary N) is 3. The van der Waals surface area contributed by atoms with Gasteiger partial charge in [-0.15, -0.1) is 0 Å². The summed E-state index contributed by atoms with van der Waals surface area (Å²) in [5.41, 5.74) is 0. The van der Waals surface area contributed by atoms with Crippen LogP contribution in [-0.2, 0) is 14.8 Å². The summed E-state index contributed by atoms with van der Waals surface area (Å²) in [6.07, 6.45) is 2.11. The molecule has 0 aromatic heterocycles. The van der Waals surface area contributed by atoms with Crippen molar-refractivity contribution in [1.82, 2.24) is 15.4 Å². The average molecular weight is 277 g/mol. The highest BCUT2D eigenvalue weighted by Crippen LogP contribution is 2.15. The van der Waals surface area contributed by atoms with E-state index in [4.69, 9.17) is 0 Å². The van der Waals surface area contributed by atoms with Crippen LogP contribution < -0.4 is 15.4 Å². The van der Waals surface area contributed by atoms with E-state index in [1.807, 2.05) is 6.92 Å². The largest absolute Gasteiger partial charge is 0.354 e. The van der Waals surface area contributed by atoms with Gasteiger partial charge in [0.2, 0.25) is 15.9 Å². The minimum absolute atomic E-state index is 0.0757. The minimum atomic E-state index is -3.26. The molecular weight excluding hydrogens is 254 g/mol. The van der Waals surface area contributed by atoms with Crippen LogP contribution in [0.5, 0.6) is 0 Å². The van der Waals surface area contributed by atoms with Gasteiger partial charge in [-0.2, -0.15) is 0 Å². The Morgan fingerprint density at radius 2 is 2.17 bits per heavy atom. The molecule has 0 aliphatic carbocycles. The molecule has 2 unspecified atom stereocenters. The molecule has 1 amide bonds. The first-order valence-corrected chi connectivity index (χ1v) is 8.10. The van der Waals surface area contributed by atoms with Crippen LogP contribution in [0.4, 0.5) is 0 Å². The minimum Gasteiger partial charge on any atom is -0.354 e. The van der Waals surface area contributed by atoms with Gasteiger partial charge in [0.25, 0.3) is 0 Å². The van der Waals surface area contributed by atoms with Crippen LogP contribution in [0.25, 0.3) is 0 Å². The molecule has 1 fully saturated rings. The molecule has 1 saturated heterocycles. The zero-order valence-electron chi connectivity index (χ0n) is 11.0. The highest BCUT2D eigenvalue weighted by atomic mass is 32.2. The van der Waals surface area contributed by atoms with Crippen LogP contribution in [0.1, 0.15) is 26.7 Å². The van der Waals surface area contributed by atoms with Crippen LogP contribution in [-0.4, -0.2) is 45.8 Å². The predicted molar refractivity (Wildman–Crippen MR) is 70.7 cm³/mol. The molecule has 6 nitrogen and oxygen atoms in total. The molecule has 0 saturated carbocycles. The van der Waals surface area contributed by atoms with Crippen molar-refractivity contribution in [3.8, 4) is 0 Å². The van der Waals surface area contributed by atoms with Crippen molar-refractivity contribution < 1.29 is 13.2 Å². The van der Waals surface area contributed by atoms with E-state index in [0.29, 0.717) is 12.5 Å². The molecule has 0 spiro atoms. The lowest BCUT2D eigenvalue weighted by molar-refractivity contribution is -0.124. The Labute approximate surface area is 109 Å². The maximum absolute atomic E-state index is 11.9. The fourth-order valence-corrected chi connectivity index (χ4v) is 3.07. The lowest BCUT2D eigenvalue weighted by Crippen LogP contribution is -2.51. The summed E-state index contributed by atoms with van der Waals surface area (Å²) in [6.45, 7) is 5.13. The molecular formula is C11H23N3O3S. The Balaban J connectivity index is 2.32. The first kappa shape index (κ1) is 15.4. The van der Waals surface area contributed by atoms with Gasteiger partial charge >= 0.3 is 0 Å². The second kappa shape index (κ2) is 7.06. The van der Waals surface area contributed by atoms with Gasteiger partial charge in [-0.1, -0.05) is 13.8 Å². The molecule has 3 N–H and O–H groups in total. The maximum Gasteiger partial charge on any atom is 0.237 e. The molecule has 1 aliphatic heterocycles. The van der Waals surface area contributed by atoms with Crippen molar-refractivity contribution in [3.63, 3.8) is 0 Å². The quantitative estimate of drug-likeness (QED) is 0.607. The molecule has 0 aromatic rings. The lowest BCUT2D eigenvalue weighted by Gasteiger charge is -2.28. The Hall–Kier alpha value is -0.660. The molecule has 2 atom stereocenters. The maximum atomic E-state index is 11.9. The highest BCUT2D eigenvalue weighted by Gasteiger charge is 2.27. The van der Waals surface area contributed by atoms with Gasteiger partial charge in [-0.25, -0.2) is 13.1 Å². The number of carbonyl (C=O) groups excluding carboxylic acids is 1. The summed E-state index contributed by atoms with van der Waals surface area (Å²) in [4.78, 5) is 11.9. The number of carbonyl (C=O) groups is 1. The lowest BCUT2D eigenvalue weighted by atomic mass is 9.92. The van der Waals surface area contributed by atoms with Gasteiger partial charge in [-0.05, 0) is 25.3 Å². The SMILES string of the molecule is CCNS(=O)(=O)CCNC(=O)C1NCCCC1C. The van der Waals surface area contributed by atoms with Crippen molar-refractivity contribution in [3.05, 3.63) is 0 Å². The Morgan fingerprint density at radius 1 is 1.44 bits per heavy atom. The van der Waals surface area contributed by atoms with Crippen LogP contribution in [0.2, 0.25) is 0 Å². The molecule has 1 aliphatic rings. The Bertz CT molecular complexity index is 370. The number of rotatable bonds is 6. The van der Waals surface area contributed by atoms with Crippen molar-refractivity contribution in [2.75, 3.05) is 25.4 Å². The van der Waals surface area contributed by atoms with E-state index in [0.717, 1.165) is 19.4 Å². The first-order chi connectivity index (χ1) is 8.46. The Kier molecular flexibility index (Phi) is 6.04. The summed E-state index contributed by atoms with van der Waals surface area (Å²) in [5, 5.41) is 5.84. The molecule has 1 heterocycles. The van der Waals surface area contributed by atoms with Crippen LogP contribution in [0.15, 0.2) is 0 Å². The molecule has 7 heteroatoms. The van der Waals surface area contributed by atoms with Gasteiger partial charge in [0, 0.05) is 13.1 Å². The van der Waals surface area contributed by atoms with E-state index in [-0.39, 0.29) is 24.2 Å². The van der Waals surface area contributed by atoms with Crippen LogP contribution >= 0.6 is 0 Å². The number of amides is 1. The molecule has 106 valence electrons. The van der Waals surface area contributed by atoms with Gasteiger partial charge in [0.05, 0.1) is 11.8 Å². The zero-order valence-corrected chi connectivity index (χ0v) is 11.8. The number of sulfonamides is 1. The van der Waals surface area contributed by atoms with E-state index in [1.165, 1.54) is 0 Å². The van der Waals surface area contributed by atoms with E-state index in [2.05, 4.69) is 15.4 Å². The van der Waals surface area contributed by atoms with E-state index in [1.54, 1.807) is 6.92 Å². The third-order valence-corrected chi connectivity index (χ3v) is 4.56. The molecule has 0 bridgehead atoms. The van der Waals surface area contributed by atoms with Gasteiger partial charge in [-0.3, -0.25) is 4.79 Å². The second-order valence-electron chi connectivity index (χ2n) is 4.66. The number of hydrogen-bond donors (Lipinski definition) is 3. The fraction of sp³-hybridized carbons (Fsp3) is 0.909. The predicted octanol–water partition coefficient (Wildman–Crippen LogP) is -0.570. The van der Waals surface area contributed by atoms with Crippen molar-refractivity contribution in [2.45, 2.75) is 32.7 Å². The summed E-state index contributed by atoms with van der Waals surface area (Å²) in [6, 6.07) is -0.194. The third kappa shape index (κ3) is 4.91. The van der Waals surface area contributed by atoms with Crippen molar-refractivity contribution in [2.24, 2.45) is 5.92 Å². The van der Waals surface area contributed by atoms with Crippen molar-refractivity contribution in [1.29, 1.82) is 0 Å². The third-order valence-electron chi connectivity index (χ3n) is 3.09. The summed E-state index contributed by atoms with van der Waals surface area (Å²) < 4.78 is 25.1. The highest BCUT2D eigenvalue weighted by molar-refractivity contribution is 7.89. The van der Waals surface area contributed by atoms with Gasteiger partial charge in [0.15, 0.2) is 0 Å². The monoisotopic (exact) mass is 277 g/mol. The average Bonchev–Trinajstić information content (AvgIpc) is 2.29. The van der Waals surface area contributed by atoms with Gasteiger partial charge < -0.3 is 10.6 Å². The number of hydrogen-bond acceptors (Lipinski definition) is 4. The normalized spacial score (nSPS) is 24.8. The second-order valence-corrected chi connectivity index (χ2v) is 6.59. The van der Waals surface area contributed by atoms with Gasteiger partial charge in [0.1, 0.15) is 0 Å². The standard InChI is InChI=1S/C11H23N3O3S/c1-3-14-18(16,17)8-7-13-11(15)10-9(2)5-4-6-12-10/h9-10,12,14H,3-8H2,1-2H3,(H,13,15). The van der Waals surface area contributed by atoms with E-state index >= 15 is 0 Å². The first-order valence-electron chi connectivity index (χ1n) is 6.44. The topological polar surface area (TPSA) is 87.3 Å². The van der Waals surface area contributed by atoms with E-state index in [9.17, 15) is 13.2 Å². The zero-order chi connectivity index (χ0) is 13.6. The van der Waals surface area contributed by atoms with Crippen molar-refractivity contribution >= 4 is 15.9 Å². The summed E-state index contributed by atoms with van der Waals surface area (Å²) in [5.74, 6) is 0.117. The molecule has 1 rings (SSSR count). The molecule has 0 radical (unpaired) electrons. The fourth-order valence-electron chi connectivity index (χ4n) is 2.11. The van der Waals surface area contributed by atoms with E-state index < -0.39 is 10.0 Å². The smallest absolute Gasteiger partial charge is 0.237 e. The molecule has 18 heavy (non-hydrogen) atoms.